The van der Waals surface area contributed by atoms with Crippen molar-refractivity contribution in [2.45, 2.75) is 83.8 Å². The number of nitrogens with zero attached hydrogens (tertiary/aromatic N) is 2. The molecule has 4 fully saturated rings. The molecular formula is C26H40N2O3. The molecule has 1 N–H and O–H groups in total. The zero-order valence-corrected chi connectivity index (χ0v) is 18.8. The highest BCUT2D eigenvalue weighted by molar-refractivity contribution is 5.82. The Hall–Kier alpha value is -1.20. The number of aliphatic hydroxyl groups is 1. The van der Waals surface area contributed by atoms with E-state index in [2.05, 4.69) is 18.8 Å². The van der Waals surface area contributed by atoms with E-state index in [-0.39, 0.29) is 54.1 Å². The Balaban J connectivity index is 1.32. The SMILES string of the molecule is [2H]c1nccn1CC(=O)[C@H]1CC[C@H]2[C@@H]3CC[C@H]4C[C@@](O)(C([2H])([2H])OC([2H])([2H])[2H])CC[C@]4(C)[C@H]3CC[C@]12C. The van der Waals surface area contributed by atoms with Gasteiger partial charge in [0.25, 0.3) is 0 Å². The lowest BCUT2D eigenvalue weighted by atomic mass is 9.44. The molecule has 0 unspecified atom stereocenters. The van der Waals surface area contributed by atoms with Gasteiger partial charge in [-0.2, -0.15) is 0 Å². The molecule has 0 spiro atoms. The first kappa shape index (κ1) is 15.6. The highest BCUT2D eigenvalue weighted by Crippen LogP contribution is 2.68. The van der Waals surface area contributed by atoms with Crippen LogP contribution in [0.5, 0.6) is 0 Å². The third kappa shape index (κ3) is 3.42. The topological polar surface area (TPSA) is 64.4 Å². The summed E-state index contributed by atoms with van der Waals surface area (Å²) in [6, 6.07) is 0. The minimum Gasteiger partial charge on any atom is -0.387 e. The van der Waals surface area contributed by atoms with Crippen molar-refractivity contribution in [1.29, 1.82) is 0 Å². The minimum absolute atomic E-state index is 0.00787. The predicted molar refractivity (Wildman–Crippen MR) is 119 cm³/mol. The Labute approximate surface area is 195 Å². The third-order valence-electron chi connectivity index (χ3n) is 10.2. The molecule has 0 aromatic carbocycles. The van der Waals surface area contributed by atoms with Gasteiger partial charge in [0.1, 0.15) is 1.37 Å². The number of methoxy groups -OCH3 is 1. The molecule has 0 saturated heterocycles. The van der Waals surface area contributed by atoms with Gasteiger partial charge in [-0.3, -0.25) is 4.79 Å². The Kier molecular flexibility index (Phi) is 3.87. The molecule has 5 heteroatoms. The summed E-state index contributed by atoms with van der Waals surface area (Å²) in [6.07, 6.45) is 10.2. The van der Waals surface area contributed by atoms with E-state index >= 15 is 0 Å². The molecular weight excluding hydrogens is 388 g/mol. The fraction of sp³-hybridized carbons (Fsp3) is 0.846. The molecule has 0 aliphatic heterocycles. The van der Waals surface area contributed by atoms with Crippen LogP contribution in [-0.2, 0) is 16.1 Å². The molecule has 4 saturated carbocycles. The predicted octanol–water partition coefficient (Wildman–Crippen LogP) is 4.49. The van der Waals surface area contributed by atoms with Gasteiger partial charge in [0, 0.05) is 25.3 Å². The van der Waals surface area contributed by atoms with Gasteiger partial charge in [0.15, 0.2) is 5.78 Å². The highest BCUT2D eigenvalue weighted by Gasteiger charge is 2.62. The van der Waals surface area contributed by atoms with Gasteiger partial charge in [-0.1, -0.05) is 13.8 Å². The summed E-state index contributed by atoms with van der Waals surface area (Å²) in [6.45, 7) is 2.16. The van der Waals surface area contributed by atoms with Gasteiger partial charge in [0.2, 0.25) is 0 Å². The van der Waals surface area contributed by atoms with Crippen molar-refractivity contribution in [1.82, 2.24) is 9.55 Å². The van der Waals surface area contributed by atoms with Gasteiger partial charge < -0.3 is 14.4 Å². The number of fused-ring (bicyclic) bond motifs is 5. The normalized spacial score (nSPS) is 50.5. The van der Waals surface area contributed by atoms with Crippen LogP contribution in [0, 0.1) is 40.4 Å². The highest BCUT2D eigenvalue weighted by atomic mass is 16.5. The molecule has 4 aliphatic rings. The van der Waals surface area contributed by atoms with Gasteiger partial charge in [-0.05, 0) is 92.3 Å². The smallest absolute Gasteiger partial charge is 0.156 e. The lowest BCUT2D eigenvalue weighted by molar-refractivity contribution is -0.164. The molecule has 1 heterocycles. The van der Waals surface area contributed by atoms with Crippen LogP contribution in [-0.4, -0.2) is 39.6 Å². The first-order valence-electron chi connectivity index (χ1n) is 15.0. The van der Waals surface area contributed by atoms with Crippen LogP contribution in [0.3, 0.4) is 0 Å². The van der Waals surface area contributed by atoms with Crippen molar-refractivity contribution < 1.29 is 22.9 Å². The first-order chi connectivity index (χ1) is 17.1. The second-order valence-corrected chi connectivity index (χ2v) is 11.4. The van der Waals surface area contributed by atoms with E-state index in [0.29, 0.717) is 24.2 Å². The molecule has 1 aromatic heterocycles. The molecule has 0 radical (unpaired) electrons. The van der Waals surface area contributed by atoms with Crippen molar-refractivity contribution in [3.63, 3.8) is 0 Å². The number of ketones is 1. The number of carbonyl (C=O) groups excluding carboxylic acids is 1. The number of hydrogen-bond donors (Lipinski definition) is 1. The fourth-order valence-electron chi connectivity index (χ4n) is 8.58. The lowest BCUT2D eigenvalue weighted by Gasteiger charge is -2.62. The largest absolute Gasteiger partial charge is 0.387 e. The van der Waals surface area contributed by atoms with Crippen LogP contribution in [0.4, 0.5) is 0 Å². The number of Topliss-reactive ketones (excluding diaryl/α,β-unsaturated/α-hetero) is 1. The Morgan fingerprint density at radius 3 is 2.84 bits per heavy atom. The van der Waals surface area contributed by atoms with Crippen LogP contribution in [0.1, 0.15) is 79.9 Å². The maximum Gasteiger partial charge on any atom is 0.156 e. The van der Waals surface area contributed by atoms with E-state index in [0.717, 1.165) is 38.5 Å². The summed E-state index contributed by atoms with van der Waals surface area (Å²) in [5, 5.41) is 11.3. The molecule has 31 heavy (non-hydrogen) atoms. The summed E-state index contributed by atoms with van der Waals surface area (Å²) >= 11 is 0. The van der Waals surface area contributed by atoms with Crippen LogP contribution in [0.25, 0.3) is 0 Å². The van der Waals surface area contributed by atoms with Gasteiger partial charge in [-0.15, -0.1) is 0 Å². The average molecular weight is 435 g/mol. The molecule has 172 valence electrons. The first-order valence-corrected chi connectivity index (χ1v) is 12.0. The molecule has 0 bridgehead atoms. The molecule has 5 nitrogen and oxygen atoms in total. The van der Waals surface area contributed by atoms with Gasteiger partial charge in [0.05, 0.1) is 31.9 Å². The monoisotopic (exact) mass is 434 g/mol. The van der Waals surface area contributed by atoms with E-state index < -0.39 is 19.2 Å². The number of imidazole rings is 1. The molecule has 0 amide bonds. The molecule has 5 rings (SSSR count). The van der Waals surface area contributed by atoms with Crippen molar-refractivity contribution in [3.05, 3.63) is 18.7 Å². The summed E-state index contributed by atoms with van der Waals surface area (Å²) in [7, 11) is -2.91. The fourth-order valence-corrected chi connectivity index (χ4v) is 8.58. The summed E-state index contributed by atoms with van der Waals surface area (Å²) in [5.41, 5.74) is -1.92. The second-order valence-electron chi connectivity index (χ2n) is 11.4. The van der Waals surface area contributed by atoms with E-state index in [9.17, 15) is 9.90 Å². The van der Waals surface area contributed by atoms with Crippen molar-refractivity contribution in [2.75, 3.05) is 13.6 Å². The number of ether oxygens (including phenoxy) is 1. The zero-order valence-electron chi connectivity index (χ0n) is 24.8. The maximum atomic E-state index is 13.4. The summed E-state index contributed by atoms with van der Waals surface area (Å²) < 4.78 is 52.9. The van der Waals surface area contributed by atoms with Crippen LogP contribution in [0.15, 0.2) is 18.7 Å². The summed E-state index contributed by atoms with van der Waals surface area (Å²) in [4.78, 5) is 17.3. The van der Waals surface area contributed by atoms with Crippen LogP contribution < -0.4 is 0 Å². The van der Waals surface area contributed by atoms with Crippen LogP contribution >= 0.6 is 0 Å². The maximum absolute atomic E-state index is 13.4. The van der Waals surface area contributed by atoms with Crippen molar-refractivity contribution in [2.24, 2.45) is 40.4 Å². The molecule has 4 aliphatic carbocycles. The molecule has 1 aromatic rings. The van der Waals surface area contributed by atoms with Gasteiger partial charge in [-0.25, -0.2) is 4.98 Å². The van der Waals surface area contributed by atoms with Crippen LogP contribution in [0.2, 0.25) is 0 Å². The van der Waals surface area contributed by atoms with E-state index in [1.54, 1.807) is 17.0 Å². The molecule has 8 atom stereocenters. The number of hydrogen-bond acceptors (Lipinski definition) is 4. The second kappa shape index (κ2) is 7.69. The average Bonchev–Trinajstić information content (AvgIpc) is 3.35. The van der Waals surface area contributed by atoms with Crippen molar-refractivity contribution >= 4 is 5.78 Å². The van der Waals surface area contributed by atoms with Crippen molar-refractivity contribution in [3.8, 4) is 0 Å². The third-order valence-corrected chi connectivity index (χ3v) is 10.2. The lowest BCUT2D eigenvalue weighted by Crippen LogP contribution is -2.56. The Morgan fingerprint density at radius 2 is 2.06 bits per heavy atom. The zero-order chi connectivity index (χ0) is 27.0. The Morgan fingerprint density at radius 1 is 1.23 bits per heavy atom. The minimum atomic E-state index is -2.91. The van der Waals surface area contributed by atoms with E-state index in [4.69, 9.17) is 13.0 Å². The quantitative estimate of drug-likeness (QED) is 0.742. The standard InChI is InChI=1S/C26H40N2O3/c1-24-10-11-26(30,16-31-3)14-18(24)4-5-19-20-6-7-22(25(20,2)9-8-21(19)24)23(29)15-28-13-12-27-17-28/h12-13,17-22,30H,4-11,14-16H2,1-3H3/t18-,19-,20-,21-,22+,24-,25-,26+/m0/s1/i3D3,16D2,17D. The number of carbonyl (C=O) groups is 1. The van der Waals surface area contributed by atoms with Gasteiger partial charge >= 0.3 is 0 Å². The summed E-state index contributed by atoms with van der Waals surface area (Å²) in [5.74, 6) is 1.70. The number of rotatable bonds is 5. The van der Waals surface area contributed by atoms with E-state index in [1.165, 1.54) is 0 Å². The Bertz CT molecular complexity index is 1050. The van der Waals surface area contributed by atoms with E-state index in [1.807, 2.05) is 0 Å². The number of aromatic nitrogens is 2.